The number of hydrogen-bond donors (Lipinski definition) is 0. The van der Waals surface area contributed by atoms with Gasteiger partial charge in [-0.1, -0.05) is 149 Å². The van der Waals surface area contributed by atoms with E-state index in [1.54, 1.807) is 0 Å². The smallest absolute Gasteiger partial charge is 0.159 e. The van der Waals surface area contributed by atoms with Crippen LogP contribution in [0, 0.1) is 10.8 Å². The van der Waals surface area contributed by atoms with Crippen LogP contribution in [-0.2, 0) is 5.41 Å². The lowest BCUT2D eigenvalue weighted by Gasteiger charge is -2.49. The van der Waals surface area contributed by atoms with Gasteiger partial charge in [0.1, 0.15) is 0 Å². The molecule has 7 rings (SSSR count). The first-order chi connectivity index (χ1) is 20.2. The summed E-state index contributed by atoms with van der Waals surface area (Å²) in [5.74, 6) is 0. The number of hydrogen-bond acceptors (Lipinski definition) is 2. The molecule has 208 valence electrons. The predicted octanol–water partition coefficient (Wildman–Crippen LogP) is 9.87. The second kappa shape index (κ2) is 9.95. The van der Waals surface area contributed by atoms with Crippen molar-refractivity contribution in [1.82, 2.24) is 0 Å². The summed E-state index contributed by atoms with van der Waals surface area (Å²) in [7, 11) is 1.07. The molecule has 1 spiro atoms. The van der Waals surface area contributed by atoms with Gasteiger partial charge in [-0.3, -0.25) is 0 Å². The fourth-order valence-electron chi connectivity index (χ4n) is 6.82. The number of benzene rings is 5. The normalized spacial score (nSPS) is 14.9. The van der Waals surface area contributed by atoms with E-state index in [9.17, 15) is 0 Å². The molecule has 0 N–H and O–H groups in total. The number of fused-ring (bicyclic) bond motifs is 8. The summed E-state index contributed by atoms with van der Waals surface area (Å²) in [4.78, 5) is 5.24. The summed E-state index contributed by atoms with van der Waals surface area (Å²) in [6.45, 7) is 12.0. The molecule has 0 bridgehead atoms. The molecule has 2 heterocycles. The first-order valence-corrected chi connectivity index (χ1v) is 16.0. The van der Waals surface area contributed by atoms with Crippen LogP contribution < -0.4 is 10.4 Å². The van der Waals surface area contributed by atoms with E-state index in [-0.39, 0.29) is 10.8 Å². The maximum absolute atomic E-state index is 2.45. The third kappa shape index (κ3) is 4.01. The van der Waals surface area contributed by atoms with Gasteiger partial charge in [0.15, 0.2) is 7.28 Å². The van der Waals surface area contributed by atoms with Gasteiger partial charge in [0, 0.05) is 15.5 Å². The van der Waals surface area contributed by atoms with Crippen molar-refractivity contribution in [2.45, 2.75) is 56.1 Å². The molecule has 5 aromatic carbocycles. The zero-order valence-corrected chi connectivity index (χ0v) is 26.1. The van der Waals surface area contributed by atoms with Crippen LogP contribution in [0.2, 0.25) is 6.32 Å². The highest BCUT2D eigenvalue weighted by Gasteiger charge is 2.50. The van der Waals surface area contributed by atoms with Crippen LogP contribution in [0.5, 0.6) is 0 Å². The van der Waals surface area contributed by atoms with Gasteiger partial charge in [0.2, 0.25) is 0 Å². The first-order valence-electron chi connectivity index (χ1n) is 15.2. The number of nitrogens with zero attached hydrogens (tertiary/aromatic N) is 1. The van der Waals surface area contributed by atoms with Gasteiger partial charge >= 0.3 is 0 Å². The van der Waals surface area contributed by atoms with Crippen LogP contribution in [0.4, 0.5) is 17.1 Å². The zero-order valence-electron chi connectivity index (χ0n) is 25.3. The second-order valence-electron chi connectivity index (χ2n) is 13.5. The Hall–Kier alpha value is -3.69. The van der Waals surface area contributed by atoms with Gasteiger partial charge in [-0.25, -0.2) is 0 Å². The van der Waals surface area contributed by atoms with Crippen LogP contribution in [0.1, 0.15) is 56.9 Å². The number of para-hydroxylation sites is 3. The molecule has 3 heteroatoms. The van der Waals surface area contributed by atoms with E-state index < -0.39 is 5.41 Å². The van der Waals surface area contributed by atoms with Crippen LogP contribution in [-0.4, -0.2) is 7.28 Å². The largest absolute Gasteiger partial charge is 0.310 e. The molecule has 42 heavy (non-hydrogen) atoms. The maximum Gasteiger partial charge on any atom is 0.159 e. The molecular weight excluding hydrogens is 525 g/mol. The molecule has 0 aliphatic carbocycles. The Morgan fingerprint density at radius 3 is 1.79 bits per heavy atom. The van der Waals surface area contributed by atoms with Crippen molar-refractivity contribution in [3.8, 4) is 0 Å². The summed E-state index contributed by atoms with van der Waals surface area (Å²) in [5.41, 5.74) is 10.7. The molecule has 0 amide bonds. The van der Waals surface area contributed by atoms with Crippen molar-refractivity contribution in [2.24, 2.45) is 10.8 Å². The van der Waals surface area contributed by atoms with Gasteiger partial charge in [0.25, 0.3) is 0 Å². The minimum Gasteiger partial charge on any atom is -0.310 e. The molecule has 0 atom stereocenters. The first kappa shape index (κ1) is 27.2. The van der Waals surface area contributed by atoms with Crippen LogP contribution in [0.15, 0.2) is 131 Å². The third-order valence-corrected chi connectivity index (χ3v) is 11.4. The van der Waals surface area contributed by atoms with Gasteiger partial charge in [-0.2, -0.15) is 0 Å². The Morgan fingerprint density at radius 1 is 0.595 bits per heavy atom. The molecule has 0 radical (unpaired) electrons. The SMILES string of the molecule is CC(C)(C)C(C)(C)CBc1cccc2c1Sc1ccccc1C21c2ccccc2N(c2ccccc2)c2ccccc21. The quantitative estimate of drug-likeness (QED) is 0.196. The van der Waals surface area contributed by atoms with E-state index in [4.69, 9.17) is 0 Å². The standard InChI is InChI=1S/C39H38BNS/c1-37(2,3)38(4,5)26-40-32-22-15-21-31-36(32)42-35-25-14-11-20-30(35)39(31)28-18-9-12-23-33(28)41(27-16-7-6-8-17-27)34-24-13-10-19-29(34)39/h6-25,40H,26H2,1-5H3. The van der Waals surface area contributed by atoms with E-state index in [0.717, 1.165) is 13.6 Å². The number of anilines is 3. The highest BCUT2D eigenvalue weighted by Crippen LogP contribution is 2.62. The van der Waals surface area contributed by atoms with Crippen molar-refractivity contribution in [2.75, 3.05) is 4.90 Å². The summed E-state index contributed by atoms with van der Waals surface area (Å²) in [6.07, 6.45) is 1.15. The van der Waals surface area contributed by atoms with Crippen molar-refractivity contribution < 1.29 is 0 Å². The summed E-state index contributed by atoms with van der Waals surface area (Å²) >= 11 is 1.97. The molecule has 5 aromatic rings. The lowest BCUT2D eigenvalue weighted by atomic mass is 9.52. The Bertz CT molecular complexity index is 1730. The minimum absolute atomic E-state index is 0.227. The van der Waals surface area contributed by atoms with E-state index in [2.05, 4.69) is 161 Å². The monoisotopic (exact) mass is 563 g/mol. The molecule has 1 nitrogen and oxygen atoms in total. The number of rotatable bonds is 4. The van der Waals surface area contributed by atoms with E-state index in [1.807, 2.05) is 11.8 Å². The van der Waals surface area contributed by atoms with Crippen LogP contribution >= 0.6 is 11.8 Å². The fourth-order valence-corrected chi connectivity index (χ4v) is 8.15. The van der Waals surface area contributed by atoms with E-state index >= 15 is 0 Å². The Morgan fingerprint density at radius 2 is 1.14 bits per heavy atom. The highest BCUT2D eigenvalue weighted by atomic mass is 32.2. The Kier molecular flexibility index (Phi) is 6.44. The van der Waals surface area contributed by atoms with Gasteiger partial charge in [-0.15, -0.1) is 0 Å². The molecule has 2 aliphatic rings. The lowest BCUT2D eigenvalue weighted by Crippen LogP contribution is -2.41. The van der Waals surface area contributed by atoms with Crippen LogP contribution in [0.3, 0.4) is 0 Å². The maximum atomic E-state index is 2.45. The average Bonchev–Trinajstić information content (AvgIpc) is 3.00. The van der Waals surface area contributed by atoms with Crippen molar-refractivity contribution in [3.63, 3.8) is 0 Å². The molecule has 0 unspecified atom stereocenters. The zero-order chi connectivity index (χ0) is 29.1. The third-order valence-electron chi connectivity index (χ3n) is 10.2. The predicted molar refractivity (Wildman–Crippen MR) is 182 cm³/mol. The molecule has 0 saturated heterocycles. The summed E-state index contributed by atoms with van der Waals surface area (Å²) in [5, 5.41) is 0. The second-order valence-corrected chi connectivity index (χ2v) is 14.5. The molecule has 0 aromatic heterocycles. The van der Waals surface area contributed by atoms with Crippen molar-refractivity contribution >= 4 is 41.6 Å². The minimum atomic E-state index is -0.412. The molecule has 0 saturated carbocycles. The summed E-state index contributed by atoms with van der Waals surface area (Å²) in [6, 6.07) is 45.2. The van der Waals surface area contributed by atoms with Gasteiger partial charge in [0.05, 0.1) is 16.8 Å². The molecular formula is C39H38BNS. The Balaban J connectivity index is 1.52. The van der Waals surface area contributed by atoms with E-state index in [1.165, 1.54) is 54.6 Å². The molecule has 0 fully saturated rings. The Labute approximate surface area is 256 Å². The highest BCUT2D eigenvalue weighted by molar-refractivity contribution is 7.99. The van der Waals surface area contributed by atoms with Crippen LogP contribution in [0.25, 0.3) is 0 Å². The lowest BCUT2D eigenvalue weighted by molar-refractivity contribution is 0.157. The topological polar surface area (TPSA) is 3.24 Å². The molecule has 2 aliphatic heterocycles. The average molecular weight is 564 g/mol. The van der Waals surface area contributed by atoms with Crippen molar-refractivity contribution in [3.05, 3.63) is 144 Å². The van der Waals surface area contributed by atoms with Gasteiger partial charge in [-0.05, 0) is 63.4 Å². The van der Waals surface area contributed by atoms with Gasteiger partial charge < -0.3 is 4.90 Å². The summed E-state index contributed by atoms with van der Waals surface area (Å²) < 4.78 is 0. The van der Waals surface area contributed by atoms with Crippen molar-refractivity contribution in [1.29, 1.82) is 0 Å². The van der Waals surface area contributed by atoms with E-state index in [0.29, 0.717) is 0 Å². The fraction of sp³-hybridized carbons (Fsp3) is 0.231.